The average molecular weight is 515 g/mol. The molecule has 202 valence electrons. The minimum atomic E-state index is -0.514. The van der Waals surface area contributed by atoms with Gasteiger partial charge in [0, 0.05) is 70.0 Å². The zero-order chi connectivity index (χ0) is 26.6. The largest absolute Gasteiger partial charge is 0.443 e. The first-order chi connectivity index (χ1) is 17.6. The van der Waals surface area contributed by atoms with Gasteiger partial charge in [-0.15, -0.1) is 0 Å². The van der Waals surface area contributed by atoms with Crippen LogP contribution in [-0.2, 0) is 9.53 Å². The van der Waals surface area contributed by atoms with E-state index in [1.165, 1.54) is 4.90 Å². The number of hydrazine groups is 1. The van der Waals surface area contributed by atoms with Crippen molar-refractivity contribution in [2.75, 3.05) is 57.3 Å². The van der Waals surface area contributed by atoms with Crippen LogP contribution < -0.4 is 15.6 Å². The summed E-state index contributed by atoms with van der Waals surface area (Å²) in [7, 11) is 0. The summed E-state index contributed by atoms with van der Waals surface area (Å²) < 4.78 is 5.33. The average Bonchev–Trinajstić information content (AvgIpc) is 2.84. The molecule has 0 aliphatic carbocycles. The highest BCUT2D eigenvalue weighted by Gasteiger charge is 2.28. The smallest absolute Gasteiger partial charge is 0.422 e. The molecule has 3 heterocycles. The number of amides is 5. The van der Waals surface area contributed by atoms with E-state index in [1.807, 2.05) is 30.7 Å². The molecule has 0 spiro atoms. The fourth-order valence-electron chi connectivity index (χ4n) is 4.96. The highest BCUT2D eigenvalue weighted by atomic mass is 16.6. The highest BCUT2D eigenvalue weighted by molar-refractivity contribution is 6.06. The Labute approximate surface area is 218 Å². The van der Waals surface area contributed by atoms with Crippen LogP contribution in [0.25, 0.3) is 0 Å². The van der Waals surface area contributed by atoms with E-state index >= 15 is 0 Å². The molecule has 0 saturated carbocycles. The highest BCUT2D eigenvalue weighted by Crippen LogP contribution is 2.22. The number of carbonyl (C=O) groups is 4. The minimum absolute atomic E-state index is 0.0449. The molecule has 0 atom stereocenters. The number of urea groups is 1. The van der Waals surface area contributed by atoms with Gasteiger partial charge in [-0.3, -0.25) is 30.1 Å². The van der Waals surface area contributed by atoms with Crippen molar-refractivity contribution in [3.8, 4) is 0 Å². The molecule has 1 aromatic carbocycles. The molecule has 37 heavy (non-hydrogen) atoms. The second-order valence-corrected chi connectivity index (χ2v) is 10.9. The number of nitrogens with one attached hydrogen (secondary N) is 2. The Bertz CT molecular complexity index is 1010. The van der Waals surface area contributed by atoms with Crippen LogP contribution in [0.4, 0.5) is 15.3 Å². The number of piperidine rings is 1. The van der Waals surface area contributed by atoms with Gasteiger partial charge in [-0.05, 0) is 57.7 Å². The molecule has 1 aromatic rings. The number of piperazine rings is 1. The fourth-order valence-corrected chi connectivity index (χ4v) is 4.96. The third kappa shape index (κ3) is 7.42. The number of hydrogen-bond donors (Lipinski definition) is 2. The molecule has 0 bridgehead atoms. The number of nitrogens with zero attached hydrogens (tertiary/aromatic N) is 4. The van der Waals surface area contributed by atoms with Crippen molar-refractivity contribution in [1.82, 2.24) is 25.6 Å². The number of imide groups is 1. The second-order valence-electron chi connectivity index (χ2n) is 10.9. The molecular formula is C26H38N6O5. The summed E-state index contributed by atoms with van der Waals surface area (Å²) in [5.41, 5.74) is 3.48. The number of benzene rings is 1. The first kappa shape index (κ1) is 26.9. The van der Waals surface area contributed by atoms with E-state index in [0.717, 1.165) is 45.6 Å². The summed E-state index contributed by atoms with van der Waals surface area (Å²) in [4.78, 5) is 54.5. The summed E-state index contributed by atoms with van der Waals surface area (Å²) in [6.07, 6.45) is 1.83. The molecule has 4 rings (SSSR count). The van der Waals surface area contributed by atoms with Crippen LogP contribution in [0.2, 0.25) is 0 Å². The number of ether oxygens (including phenoxy) is 1. The summed E-state index contributed by atoms with van der Waals surface area (Å²) in [5, 5.41) is 4.25. The van der Waals surface area contributed by atoms with Gasteiger partial charge in [-0.2, -0.15) is 0 Å². The first-order valence-electron chi connectivity index (χ1n) is 13.0. The fraction of sp³-hybridized carbons (Fsp3) is 0.615. The van der Waals surface area contributed by atoms with Crippen LogP contribution in [-0.4, -0.2) is 96.7 Å². The van der Waals surface area contributed by atoms with E-state index in [9.17, 15) is 19.2 Å². The van der Waals surface area contributed by atoms with Crippen LogP contribution in [0.1, 0.15) is 50.4 Å². The number of carbonyl (C=O) groups excluding carboxylic acids is 4. The van der Waals surface area contributed by atoms with Gasteiger partial charge < -0.3 is 9.64 Å². The van der Waals surface area contributed by atoms with Gasteiger partial charge in [0.2, 0.25) is 5.91 Å². The molecule has 3 aliphatic rings. The Hall–Kier alpha value is -3.18. The van der Waals surface area contributed by atoms with Gasteiger partial charge in [-0.1, -0.05) is 6.07 Å². The molecule has 3 saturated heterocycles. The Morgan fingerprint density at radius 3 is 2.38 bits per heavy atom. The summed E-state index contributed by atoms with van der Waals surface area (Å²) in [5.74, 6) is 0.226. The Balaban J connectivity index is 1.21. The lowest BCUT2D eigenvalue weighted by Gasteiger charge is -2.39. The van der Waals surface area contributed by atoms with E-state index < -0.39 is 17.7 Å². The standard InChI is InChI=1S/C26H38N6O5/c1-26(2,3)37-25(36)28-31-10-7-19(8-11-31)18-29-13-15-30(16-14-29)23(34)20-5-4-6-21(17-20)32-12-9-22(33)27-24(32)35/h4-6,17,19H,7-16,18H2,1-3H3,(H,28,36)(H,27,33,35). The normalized spacial score (nSPS) is 20.5. The second kappa shape index (κ2) is 11.5. The zero-order valence-corrected chi connectivity index (χ0v) is 22.0. The lowest BCUT2D eigenvalue weighted by atomic mass is 9.97. The number of hydrogen-bond acceptors (Lipinski definition) is 7. The van der Waals surface area contributed by atoms with Crippen molar-refractivity contribution in [2.24, 2.45) is 5.92 Å². The molecule has 0 unspecified atom stereocenters. The predicted molar refractivity (Wildman–Crippen MR) is 138 cm³/mol. The topological polar surface area (TPSA) is 115 Å². The van der Waals surface area contributed by atoms with Gasteiger partial charge in [0.1, 0.15) is 5.60 Å². The Morgan fingerprint density at radius 1 is 1.03 bits per heavy atom. The van der Waals surface area contributed by atoms with Crippen LogP contribution in [0.15, 0.2) is 24.3 Å². The Morgan fingerprint density at radius 2 is 1.73 bits per heavy atom. The first-order valence-corrected chi connectivity index (χ1v) is 13.0. The van der Waals surface area contributed by atoms with Crippen molar-refractivity contribution in [3.63, 3.8) is 0 Å². The molecule has 2 N–H and O–H groups in total. The van der Waals surface area contributed by atoms with Crippen molar-refractivity contribution < 1.29 is 23.9 Å². The molecular weight excluding hydrogens is 476 g/mol. The summed E-state index contributed by atoms with van der Waals surface area (Å²) in [6, 6.07) is 6.58. The van der Waals surface area contributed by atoms with Gasteiger partial charge in [-0.25, -0.2) is 14.6 Å². The number of rotatable bonds is 5. The van der Waals surface area contributed by atoms with Crippen LogP contribution >= 0.6 is 0 Å². The molecule has 0 aromatic heterocycles. The zero-order valence-electron chi connectivity index (χ0n) is 22.0. The van der Waals surface area contributed by atoms with Crippen LogP contribution in [0, 0.1) is 5.92 Å². The van der Waals surface area contributed by atoms with Gasteiger partial charge in [0.25, 0.3) is 5.91 Å². The van der Waals surface area contributed by atoms with Crippen molar-refractivity contribution in [3.05, 3.63) is 29.8 Å². The summed E-state index contributed by atoms with van der Waals surface area (Å²) >= 11 is 0. The molecule has 5 amide bonds. The van der Waals surface area contributed by atoms with Crippen LogP contribution in [0.3, 0.4) is 0 Å². The minimum Gasteiger partial charge on any atom is -0.443 e. The number of anilines is 1. The van der Waals surface area contributed by atoms with Crippen molar-refractivity contribution in [2.45, 2.75) is 45.6 Å². The predicted octanol–water partition coefficient (Wildman–Crippen LogP) is 2.04. The maximum Gasteiger partial charge on any atom is 0.422 e. The van der Waals surface area contributed by atoms with Crippen molar-refractivity contribution >= 4 is 29.6 Å². The molecule has 0 radical (unpaired) electrons. The molecule has 3 fully saturated rings. The molecule has 11 heteroatoms. The van der Waals surface area contributed by atoms with Gasteiger partial charge in [0.05, 0.1) is 0 Å². The van der Waals surface area contributed by atoms with Gasteiger partial charge >= 0.3 is 12.1 Å². The molecule has 11 nitrogen and oxygen atoms in total. The lowest BCUT2D eigenvalue weighted by molar-refractivity contribution is -0.120. The Kier molecular flexibility index (Phi) is 8.33. The van der Waals surface area contributed by atoms with E-state index in [1.54, 1.807) is 24.3 Å². The van der Waals surface area contributed by atoms with Crippen LogP contribution in [0.5, 0.6) is 0 Å². The SMILES string of the molecule is CC(C)(C)OC(=O)NN1CCC(CN2CCN(C(=O)c3cccc(N4CCC(=O)NC4=O)c3)CC2)CC1. The third-order valence-electron chi connectivity index (χ3n) is 6.90. The van der Waals surface area contributed by atoms with E-state index in [4.69, 9.17) is 4.74 Å². The maximum atomic E-state index is 13.2. The summed E-state index contributed by atoms with van der Waals surface area (Å²) in [6.45, 7) is 11.4. The quantitative estimate of drug-likeness (QED) is 0.618. The third-order valence-corrected chi connectivity index (χ3v) is 6.90. The van der Waals surface area contributed by atoms with Crippen molar-refractivity contribution in [1.29, 1.82) is 0 Å². The van der Waals surface area contributed by atoms with E-state index in [0.29, 0.717) is 36.8 Å². The van der Waals surface area contributed by atoms with Gasteiger partial charge in [0.15, 0.2) is 0 Å². The molecule has 3 aliphatic heterocycles. The van der Waals surface area contributed by atoms with E-state index in [-0.39, 0.29) is 18.2 Å². The van der Waals surface area contributed by atoms with E-state index in [2.05, 4.69) is 15.6 Å². The maximum absolute atomic E-state index is 13.2. The lowest BCUT2D eigenvalue weighted by Crippen LogP contribution is -2.52. The monoisotopic (exact) mass is 514 g/mol.